The van der Waals surface area contributed by atoms with Crippen molar-refractivity contribution in [3.63, 3.8) is 0 Å². The summed E-state index contributed by atoms with van der Waals surface area (Å²) in [6.07, 6.45) is 3.44. The first-order valence-corrected chi connectivity index (χ1v) is 7.40. The summed E-state index contributed by atoms with van der Waals surface area (Å²) in [5.74, 6) is 0. The Morgan fingerprint density at radius 2 is 1.94 bits per heavy atom. The Labute approximate surface area is 116 Å². The summed E-state index contributed by atoms with van der Waals surface area (Å²) < 4.78 is 6.55. The van der Waals surface area contributed by atoms with Gasteiger partial charge in [0, 0.05) is 28.8 Å². The van der Waals surface area contributed by atoms with Crippen LogP contribution in [0.1, 0.15) is 24.8 Å². The van der Waals surface area contributed by atoms with Crippen LogP contribution in [0.15, 0.2) is 22.7 Å². The fourth-order valence-corrected chi connectivity index (χ4v) is 3.18. The number of ether oxygens (including phenoxy) is 1. The second kappa shape index (κ2) is 4.83. The largest absolute Gasteiger partial charge is 0.378 e. The molecule has 2 aliphatic rings. The molecule has 3 rings (SSSR count). The molecule has 1 saturated heterocycles. The van der Waals surface area contributed by atoms with Crippen LogP contribution >= 0.6 is 15.9 Å². The highest BCUT2D eigenvalue weighted by atomic mass is 79.9. The average molecular weight is 311 g/mol. The van der Waals surface area contributed by atoms with Gasteiger partial charge in [-0.25, -0.2) is 0 Å². The van der Waals surface area contributed by atoms with Gasteiger partial charge in [0.15, 0.2) is 0 Å². The maximum atomic E-state index is 6.52. The summed E-state index contributed by atoms with van der Waals surface area (Å²) in [6, 6.07) is 6.50. The Kier molecular flexibility index (Phi) is 3.34. The Morgan fingerprint density at radius 3 is 2.56 bits per heavy atom. The van der Waals surface area contributed by atoms with Crippen molar-refractivity contribution in [1.29, 1.82) is 0 Å². The summed E-state index contributed by atoms with van der Waals surface area (Å²) in [6.45, 7) is 3.55. The zero-order valence-electron chi connectivity index (χ0n) is 10.5. The highest BCUT2D eigenvalue weighted by molar-refractivity contribution is 9.10. The van der Waals surface area contributed by atoms with Crippen molar-refractivity contribution in [3.05, 3.63) is 28.2 Å². The van der Waals surface area contributed by atoms with E-state index in [4.69, 9.17) is 10.5 Å². The standard InChI is InChI=1S/C14H19BrN2O/c15-11-2-3-13(17-6-8-18-9-7-17)12(10-11)14(16)4-1-5-14/h2-3,10H,1,4-9,16H2. The molecule has 0 atom stereocenters. The number of rotatable bonds is 2. The number of hydrogen-bond acceptors (Lipinski definition) is 3. The van der Waals surface area contributed by atoms with Crippen LogP contribution in [0, 0.1) is 0 Å². The molecule has 1 saturated carbocycles. The maximum Gasteiger partial charge on any atom is 0.0642 e. The van der Waals surface area contributed by atoms with Crippen LogP contribution in [-0.2, 0) is 10.3 Å². The molecule has 2 fully saturated rings. The molecule has 1 aliphatic heterocycles. The number of nitrogens with zero attached hydrogens (tertiary/aromatic N) is 1. The minimum atomic E-state index is -0.114. The SMILES string of the molecule is NC1(c2cc(Br)ccc2N2CCOCC2)CCC1. The van der Waals surface area contributed by atoms with Gasteiger partial charge in [-0.15, -0.1) is 0 Å². The number of morpholine rings is 1. The summed E-state index contributed by atoms with van der Waals surface area (Å²) >= 11 is 3.57. The molecule has 0 spiro atoms. The third-order valence-electron chi connectivity index (χ3n) is 4.09. The van der Waals surface area contributed by atoms with Crippen molar-refractivity contribution in [2.75, 3.05) is 31.2 Å². The van der Waals surface area contributed by atoms with Crippen molar-refractivity contribution < 1.29 is 4.74 Å². The van der Waals surface area contributed by atoms with Gasteiger partial charge in [0.2, 0.25) is 0 Å². The van der Waals surface area contributed by atoms with E-state index >= 15 is 0 Å². The average Bonchev–Trinajstić information content (AvgIpc) is 2.37. The van der Waals surface area contributed by atoms with Gasteiger partial charge in [-0.2, -0.15) is 0 Å². The predicted molar refractivity (Wildman–Crippen MR) is 76.9 cm³/mol. The van der Waals surface area contributed by atoms with Gasteiger partial charge in [0.05, 0.1) is 13.2 Å². The second-order valence-corrected chi connectivity index (χ2v) is 6.19. The molecule has 0 aromatic heterocycles. The molecular formula is C14H19BrN2O. The zero-order valence-corrected chi connectivity index (χ0v) is 12.1. The minimum absolute atomic E-state index is 0.114. The zero-order chi connectivity index (χ0) is 12.6. The number of nitrogens with two attached hydrogens (primary N) is 1. The fraction of sp³-hybridized carbons (Fsp3) is 0.571. The molecule has 1 aromatic rings. The van der Waals surface area contributed by atoms with Gasteiger partial charge in [-0.05, 0) is 43.0 Å². The van der Waals surface area contributed by atoms with E-state index < -0.39 is 0 Å². The lowest BCUT2D eigenvalue weighted by Crippen LogP contribution is -2.46. The molecule has 0 unspecified atom stereocenters. The molecular weight excluding hydrogens is 292 g/mol. The predicted octanol–water partition coefficient (Wildman–Crippen LogP) is 2.62. The highest BCUT2D eigenvalue weighted by Crippen LogP contribution is 2.43. The Balaban J connectivity index is 1.97. The van der Waals surface area contributed by atoms with E-state index in [0.29, 0.717) is 0 Å². The number of benzene rings is 1. The monoisotopic (exact) mass is 310 g/mol. The molecule has 0 radical (unpaired) electrons. The minimum Gasteiger partial charge on any atom is -0.378 e. The Hall–Kier alpha value is -0.580. The van der Waals surface area contributed by atoms with Gasteiger partial charge in [0.25, 0.3) is 0 Å². The molecule has 4 heteroatoms. The third-order valence-corrected chi connectivity index (χ3v) is 4.59. The molecule has 1 aliphatic carbocycles. The molecule has 3 nitrogen and oxygen atoms in total. The van der Waals surface area contributed by atoms with Gasteiger partial charge < -0.3 is 15.4 Å². The first-order valence-electron chi connectivity index (χ1n) is 6.61. The van der Waals surface area contributed by atoms with E-state index in [-0.39, 0.29) is 5.54 Å². The number of hydrogen-bond donors (Lipinski definition) is 1. The van der Waals surface area contributed by atoms with Crippen molar-refractivity contribution in [2.45, 2.75) is 24.8 Å². The molecule has 18 heavy (non-hydrogen) atoms. The van der Waals surface area contributed by atoms with Crippen LogP contribution in [-0.4, -0.2) is 26.3 Å². The first-order chi connectivity index (χ1) is 8.69. The van der Waals surface area contributed by atoms with Crippen molar-refractivity contribution >= 4 is 21.6 Å². The topological polar surface area (TPSA) is 38.5 Å². The lowest BCUT2D eigenvalue weighted by molar-refractivity contribution is 0.122. The van der Waals surface area contributed by atoms with Crippen LogP contribution in [0.5, 0.6) is 0 Å². The van der Waals surface area contributed by atoms with Crippen LogP contribution < -0.4 is 10.6 Å². The Bertz CT molecular complexity index is 439. The summed E-state index contributed by atoms with van der Waals surface area (Å²) in [5.41, 5.74) is 9.00. The van der Waals surface area contributed by atoms with Gasteiger partial charge in [0.1, 0.15) is 0 Å². The lowest BCUT2D eigenvalue weighted by Gasteiger charge is -2.42. The van der Waals surface area contributed by atoms with E-state index in [1.54, 1.807) is 0 Å². The van der Waals surface area contributed by atoms with Crippen LogP contribution in [0.2, 0.25) is 0 Å². The number of anilines is 1. The van der Waals surface area contributed by atoms with E-state index in [1.165, 1.54) is 17.7 Å². The van der Waals surface area contributed by atoms with Crippen molar-refractivity contribution in [1.82, 2.24) is 0 Å². The third kappa shape index (κ3) is 2.17. The molecule has 98 valence electrons. The van der Waals surface area contributed by atoms with E-state index in [2.05, 4.69) is 39.0 Å². The molecule has 0 bridgehead atoms. The van der Waals surface area contributed by atoms with Crippen molar-refractivity contribution in [3.8, 4) is 0 Å². The maximum absolute atomic E-state index is 6.52. The summed E-state index contributed by atoms with van der Waals surface area (Å²) in [4.78, 5) is 2.40. The first kappa shape index (κ1) is 12.5. The molecule has 1 heterocycles. The molecule has 0 amide bonds. The highest BCUT2D eigenvalue weighted by Gasteiger charge is 2.37. The number of halogens is 1. The van der Waals surface area contributed by atoms with Gasteiger partial charge >= 0.3 is 0 Å². The van der Waals surface area contributed by atoms with E-state index in [1.807, 2.05) is 0 Å². The molecule has 1 aromatic carbocycles. The van der Waals surface area contributed by atoms with Crippen molar-refractivity contribution in [2.24, 2.45) is 5.73 Å². The second-order valence-electron chi connectivity index (χ2n) is 5.27. The normalized spacial score (nSPS) is 22.7. The van der Waals surface area contributed by atoms with Gasteiger partial charge in [-0.3, -0.25) is 0 Å². The molecule has 2 N–H and O–H groups in total. The Morgan fingerprint density at radius 1 is 1.22 bits per heavy atom. The summed E-state index contributed by atoms with van der Waals surface area (Å²) in [5, 5.41) is 0. The van der Waals surface area contributed by atoms with Crippen LogP contribution in [0.4, 0.5) is 5.69 Å². The van der Waals surface area contributed by atoms with Gasteiger partial charge in [-0.1, -0.05) is 15.9 Å². The fourth-order valence-electron chi connectivity index (χ4n) is 2.81. The summed E-state index contributed by atoms with van der Waals surface area (Å²) in [7, 11) is 0. The van der Waals surface area contributed by atoms with E-state index in [0.717, 1.165) is 43.6 Å². The van der Waals surface area contributed by atoms with Crippen LogP contribution in [0.3, 0.4) is 0 Å². The lowest BCUT2D eigenvalue weighted by atomic mass is 9.72. The smallest absolute Gasteiger partial charge is 0.0642 e. The van der Waals surface area contributed by atoms with E-state index in [9.17, 15) is 0 Å². The quantitative estimate of drug-likeness (QED) is 0.912. The van der Waals surface area contributed by atoms with Crippen LogP contribution in [0.25, 0.3) is 0 Å².